The Labute approximate surface area is 246 Å². The smallest absolute Gasteiger partial charge is 0.252 e. The van der Waals surface area contributed by atoms with Crippen LogP contribution in [-0.4, -0.2) is 42.2 Å². The molecule has 0 fully saturated rings. The first-order valence-electron chi connectivity index (χ1n) is 12.6. The SMILES string of the molecule is C=CC[C@@]1(C(=O)NCCc2ccc(Br)cc2)N=C(c2ccc(OCCCO)cc2)O[C@@H]1c1ccc(Cl)cc1Cl. The number of hydrogen-bond acceptors (Lipinski definition) is 5. The molecule has 3 aromatic carbocycles. The van der Waals surface area contributed by atoms with Gasteiger partial charge in [0.25, 0.3) is 5.91 Å². The minimum atomic E-state index is -1.33. The summed E-state index contributed by atoms with van der Waals surface area (Å²) in [5.74, 6) is 0.693. The van der Waals surface area contributed by atoms with Crippen molar-refractivity contribution >= 4 is 50.9 Å². The normalized spacial score (nSPS) is 18.3. The van der Waals surface area contributed by atoms with Crippen LogP contribution >= 0.6 is 39.1 Å². The van der Waals surface area contributed by atoms with E-state index in [1.54, 1.807) is 36.4 Å². The van der Waals surface area contributed by atoms with Crippen LogP contribution in [0.1, 0.15) is 35.6 Å². The molecule has 9 heteroatoms. The van der Waals surface area contributed by atoms with Gasteiger partial charge in [0.2, 0.25) is 5.90 Å². The molecule has 0 saturated carbocycles. The second-order valence-corrected chi connectivity index (χ2v) is 10.8. The number of nitrogens with zero attached hydrogens (tertiary/aromatic N) is 1. The third kappa shape index (κ3) is 7.03. The lowest BCUT2D eigenvalue weighted by Crippen LogP contribution is -2.48. The number of nitrogens with one attached hydrogen (secondary N) is 1. The number of aliphatic imine (C=N–C) groups is 1. The Bertz CT molecular complexity index is 1330. The van der Waals surface area contributed by atoms with Gasteiger partial charge in [-0.25, -0.2) is 4.99 Å². The zero-order chi connectivity index (χ0) is 27.8. The Morgan fingerprint density at radius 1 is 1.15 bits per heavy atom. The maximum atomic E-state index is 13.9. The van der Waals surface area contributed by atoms with Gasteiger partial charge in [-0.1, -0.05) is 63.4 Å². The molecule has 0 saturated heterocycles. The zero-order valence-corrected chi connectivity index (χ0v) is 24.3. The van der Waals surface area contributed by atoms with Crippen LogP contribution in [0.15, 0.2) is 88.9 Å². The minimum Gasteiger partial charge on any atom is -0.494 e. The number of rotatable bonds is 12. The van der Waals surface area contributed by atoms with Gasteiger partial charge in [0.15, 0.2) is 11.6 Å². The van der Waals surface area contributed by atoms with E-state index >= 15 is 0 Å². The van der Waals surface area contributed by atoms with Crippen LogP contribution < -0.4 is 10.1 Å². The summed E-state index contributed by atoms with van der Waals surface area (Å²) in [6, 6.07) is 20.3. The lowest BCUT2D eigenvalue weighted by molar-refractivity contribution is -0.128. The molecule has 2 N–H and O–H groups in total. The van der Waals surface area contributed by atoms with Crippen molar-refractivity contribution in [2.45, 2.75) is 30.9 Å². The van der Waals surface area contributed by atoms with Crippen molar-refractivity contribution in [2.24, 2.45) is 4.99 Å². The summed E-state index contributed by atoms with van der Waals surface area (Å²) in [6.07, 6.45) is 2.29. The van der Waals surface area contributed by atoms with Gasteiger partial charge in [0.1, 0.15) is 5.75 Å². The first-order chi connectivity index (χ1) is 18.9. The van der Waals surface area contributed by atoms with Gasteiger partial charge in [-0.05, 0) is 60.5 Å². The molecule has 0 aromatic heterocycles. The number of amides is 1. The zero-order valence-electron chi connectivity index (χ0n) is 21.2. The topological polar surface area (TPSA) is 80.2 Å². The molecule has 1 aliphatic heterocycles. The van der Waals surface area contributed by atoms with Crippen molar-refractivity contribution < 1.29 is 19.4 Å². The fourth-order valence-electron chi connectivity index (χ4n) is 4.35. The van der Waals surface area contributed by atoms with Crippen molar-refractivity contribution in [1.82, 2.24) is 5.32 Å². The van der Waals surface area contributed by atoms with Crippen LogP contribution in [0.2, 0.25) is 10.0 Å². The Morgan fingerprint density at radius 2 is 1.90 bits per heavy atom. The van der Waals surface area contributed by atoms with Crippen molar-refractivity contribution in [2.75, 3.05) is 19.8 Å². The summed E-state index contributed by atoms with van der Waals surface area (Å²) < 4.78 is 13.0. The average Bonchev–Trinajstić information content (AvgIpc) is 3.31. The Hall–Kier alpha value is -2.84. The maximum Gasteiger partial charge on any atom is 0.252 e. The molecule has 2 atom stereocenters. The van der Waals surface area contributed by atoms with Gasteiger partial charge in [0.05, 0.1) is 6.61 Å². The van der Waals surface area contributed by atoms with E-state index in [0.29, 0.717) is 58.8 Å². The number of ether oxygens (including phenoxy) is 2. The highest BCUT2D eigenvalue weighted by molar-refractivity contribution is 9.10. The molecule has 1 aliphatic rings. The van der Waals surface area contributed by atoms with Crippen molar-refractivity contribution in [1.29, 1.82) is 0 Å². The Morgan fingerprint density at radius 3 is 2.56 bits per heavy atom. The molecule has 204 valence electrons. The van der Waals surface area contributed by atoms with Crippen molar-refractivity contribution in [3.8, 4) is 5.75 Å². The van der Waals surface area contributed by atoms with Crippen LogP contribution in [0.5, 0.6) is 5.75 Å². The largest absolute Gasteiger partial charge is 0.494 e. The number of halogens is 3. The number of aliphatic hydroxyl groups excluding tert-OH is 1. The lowest BCUT2D eigenvalue weighted by atomic mass is 9.84. The summed E-state index contributed by atoms with van der Waals surface area (Å²) in [7, 11) is 0. The number of carbonyl (C=O) groups is 1. The molecule has 0 radical (unpaired) electrons. The highest BCUT2D eigenvalue weighted by Gasteiger charge is 2.53. The van der Waals surface area contributed by atoms with Gasteiger partial charge in [-0.2, -0.15) is 0 Å². The van der Waals surface area contributed by atoms with E-state index in [1.165, 1.54) is 0 Å². The number of hydrogen-bond donors (Lipinski definition) is 2. The monoisotopic (exact) mass is 630 g/mol. The number of benzene rings is 3. The summed E-state index contributed by atoms with van der Waals surface area (Å²) >= 11 is 16.2. The first kappa shape index (κ1) is 29.2. The quantitative estimate of drug-likeness (QED) is 0.172. The Kier molecular flexibility index (Phi) is 10.1. The van der Waals surface area contributed by atoms with Gasteiger partial charge in [-0.15, -0.1) is 6.58 Å². The standard InChI is InChI=1S/C30H29BrCl2N2O4/c1-2-15-30(29(37)34-16-14-20-4-8-22(31)9-5-20)27(25-13-10-23(32)19-26(25)33)39-28(35-30)21-6-11-24(12-7-21)38-18-3-17-36/h2,4-13,19,27,36H,1,3,14-18H2,(H,34,37)/t27-,30-/m1/s1. The fourth-order valence-corrected chi connectivity index (χ4v) is 5.12. The average molecular weight is 632 g/mol. The summed E-state index contributed by atoms with van der Waals surface area (Å²) in [4.78, 5) is 18.8. The van der Waals surface area contributed by atoms with Crippen molar-refractivity contribution in [3.05, 3.63) is 111 Å². The molecule has 0 spiro atoms. The molecular weight excluding hydrogens is 603 g/mol. The van der Waals surface area contributed by atoms with Crippen molar-refractivity contribution in [3.63, 3.8) is 0 Å². The Balaban J connectivity index is 1.64. The molecule has 1 heterocycles. The summed E-state index contributed by atoms with van der Waals surface area (Å²) in [5.41, 5.74) is 1.06. The third-order valence-electron chi connectivity index (χ3n) is 6.34. The van der Waals surface area contributed by atoms with E-state index in [0.717, 1.165) is 10.0 Å². The molecule has 3 aromatic rings. The highest BCUT2D eigenvalue weighted by atomic mass is 79.9. The predicted molar refractivity (Wildman–Crippen MR) is 159 cm³/mol. The van der Waals surface area contributed by atoms with Gasteiger partial charge < -0.3 is 19.9 Å². The van der Waals surface area contributed by atoms with E-state index in [4.69, 9.17) is 42.8 Å². The second kappa shape index (κ2) is 13.5. The maximum absolute atomic E-state index is 13.9. The molecule has 0 unspecified atom stereocenters. The number of aliphatic hydroxyl groups is 1. The second-order valence-electron chi connectivity index (χ2n) is 9.08. The van der Waals surface area contributed by atoms with Crippen LogP contribution in [0.3, 0.4) is 0 Å². The minimum absolute atomic E-state index is 0.0634. The van der Waals surface area contributed by atoms with E-state index in [9.17, 15) is 4.79 Å². The molecule has 6 nitrogen and oxygen atoms in total. The van der Waals surface area contributed by atoms with Crippen LogP contribution in [-0.2, 0) is 16.0 Å². The predicted octanol–water partition coefficient (Wildman–Crippen LogP) is 6.71. The fraction of sp³-hybridized carbons (Fsp3) is 0.267. The van der Waals surface area contributed by atoms with Crippen LogP contribution in [0.4, 0.5) is 0 Å². The number of carbonyl (C=O) groups excluding carboxylic acids is 1. The van der Waals surface area contributed by atoms with Crippen LogP contribution in [0.25, 0.3) is 0 Å². The van der Waals surface area contributed by atoms with E-state index in [2.05, 4.69) is 27.8 Å². The molecule has 4 rings (SSSR count). The lowest BCUT2D eigenvalue weighted by Gasteiger charge is -2.30. The summed E-state index contributed by atoms with van der Waals surface area (Å²) in [5, 5.41) is 12.9. The molecule has 0 aliphatic carbocycles. The molecule has 39 heavy (non-hydrogen) atoms. The third-order valence-corrected chi connectivity index (χ3v) is 7.43. The van der Waals surface area contributed by atoms with Gasteiger partial charge >= 0.3 is 0 Å². The van der Waals surface area contributed by atoms with E-state index in [-0.39, 0.29) is 18.9 Å². The summed E-state index contributed by atoms with van der Waals surface area (Å²) in [6.45, 7) is 4.79. The first-order valence-corrected chi connectivity index (χ1v) is 14.1. The highest BCUT2D eigenvalue weighted by Crippen LogP contribution is 2.45. The van der Waals surface area contributed by atoms with E-state index < -0.39 is 11.6 Å². The van der Waals surface area contributed by atoms with Gasteiger partial charge in [0, 0.05) is 51.6 Å². The van der Waals surface area contributed by atoms with Crippen LogP contribution in [0, 0.1) is 0 Å². The molecule has 0 bridgehead atoms. The van der Waals surface area contributed by atoms with E-state index in [1.807, 2.05) is 36.4 Å². The molecular formula is C30H29BrCl2N2O4. The van der Waals surface area contributed by atoms with Gasteiger partial charge in [-0.3, -0.25) is 4.79 Å². The molecule has 1 amide bonds.